The van der Waals surface area contributed by atoms with Gasteiger partial charge in [0.05, 0.1) is 6.54 Å². The van der Waals surface area contributed by atoms with Gasteiger partial charge in [0.15, 0.2) is 5.96 Å². The lowest BCUT2D eigenvalue weighted by Crippen LogP contribution is -2.39. The Morgan fingerprint density at radius 2 is 2.00 bits per heavy atom. The summed E-state index contributed by atoms with van der Waals surface area (Å²) in [6.45, 7) is 9.97. The average molecular weight is 381 g/mol. The minimum atomic E-state index is -0.397. The van der Waals surface area contributed by atoms with E-state index in [4.69, 9.17) is 4.74 Å². The number of rotatable bonds is 10. The fourth-order valence-corrected chi connectivity index (χ4v) is 2.53. The third-order valence-corrected chi connectivity index (χ3v) is 3.85. The number of esters is 1. The Hall–Kier alpha value is -2.12. The van der Waals surface area contributed by atoms with Gasteiger partial charge in [-0.2, -0.15) is 5.10 Å². The van der Waals surface area contributed by atoms with Crippen molar-refractivity contribution in [2.24, 2.45) is 12.0 Å². The molecule has 154 valence electrons. The Morgan fingerprint density at radius 3 is 2.59 bits per heavy atom. The van der Waals surface area contributed by atoms with Crippen molar-refractivity contribution in [2.75, 3.05) is 20.1 Å². The van der Waals surface area contributed by atoms with Crippen molar-refractivity contribution in [1.82, 2.24) is 25.0 Å². The van der Waals surface area contributed by atoms with Crippen LogP contribution in [0.4, 0.5) is 0 Å². The molecule has 0 aliphatic heterocycles. The molecule has 1 rings (SSSR count). The van der Waals surface area contributed by atoms with E-state index >= 15 is 0 Å². The van der Waals surface area contributed by atoms with E-state index in [2.05, 4.69) is 32.2 Å². The standard InChI is InChI=1S/C19H36N6O2/c1-7-20-18(24(5)14-16-22-15-23-25(16)6)21-13-11-9-8-10-12-17(26)27-19(2,3)4/h15H,7-14H2,1-6H3,(H,20,21). The molecule has 1 aromatic rings. The largest absolute Gasteiger partial charge is 0.460 e. The number of ether oxygens (including phenoxy) is 1. The highest BCUT2D eigenvalue weighted by atomic mass is 16.6. The van der Waals surface area contributed by atoms with Crippen molar-refractivity contribution in [1.29, 1.82) is 0 Å². The van der Waals surface area contributed by atoms with E-state index in [9.17, 15) is 4.79 Å². The SMILES string of the molecule is CCNC(=NCCCCCCC(=O)OC(C)(C)C)N(C)Cc1ncnn1C. The maximum absolute atomic E-state index is 11.7. The molecule has 0 saturated heterocycles. The Bertz CT molecular complexity index is 591. The van der Waals surface area contributed by atoms with Crippen LogP contribution in [0.15, 0.2) is 11.3 Å². The summed E-state index contributed by atoms with van der Waals surface area (Å²) in [6, 6.07) is 0. The number of nitrogens with zero attached hydrogens (tertiary/aromatic N) is 5. The van der Waals surface area contributed by atoms with E-state index < -0.39 is 5.60 Å². The molecule has 0 saturated carbocycles. The molecule has 0 aromatic carbocycles. The molecule has 0 amide bonds. The first-order valence-electron chi connectivity index (χ1n) is 9.77. The van der Waals surface area contributed by atoms with Crippen molar-refractivity contribution in [2.45, 2.75) is 71.9 Å². The Balaban J connectivity index is 2.29. The maximum Gasteiger partial charge on any atom is 0.306 e. The van der Waals surface area contributed by atoms with Gasteiger partial charge in [-0.25, -0.2) is 4.98 Å². The Kier molecular flexibility index (Phi) is 9.82. The molecule has 27 heavy (non-hydrogen) atoms. The summed E-state index contributed by atoms with van der Waals surface area (Å²) >= 11 is 0. The normalized spacial score (nSPS) is 12.1. The molecule has 0 fully saturated rings. The Morgan fingerprint density at radius 1 is 1.30 bits per heavy atom. The van der Waals surface area contributed by atoms with Gasteiger partial charge in [-0.15, -0.1) is 0 Å². The van der Waals surface area contributed by atoms with Gasteiger partial charge in [-0.05, 0) is 40.5 Å². The number of guanidine groups is 1. The summed E-state index contributed by atoms with van der Waals surface area (Å²) in [7, 11) is 3.88. The van der Waals surface area contributed by atoms with E-state index in [0.29, 0.717) is 13.0 Å². The Labute approximate surface area is 163 Å². The van der Waals surface area contributed by atoms with Crippen molar-refractivity contribution < 1.29 is 9.53 Å². The predicted molar refractivity (Wildman–Crippen MR) is 107 cm³/mol. The van der Waals surface area contributed by atoms with Crippen LogP contribution in [0.1, 0.15) is 65.6 Å². The molecule has 0 aliphatic rings. The number of nitrogens with one attached hydrogen (secondary N) is 1. The van der Waals surface area contributed by atoms with E-state index in [1.807, 2.05) is 34.9 Å². The van der Waals surface area contributed by atoms with Crippen molar-refractivity contribution in [3.05, 3.63) is 12.2 Å². The second-order valence-electron chi connectivity index (χ2n) is 7.64. The number of aromatic nitrogens is 3. The number of carbonyl (C=O) groups excluding carboxylic acids is 1. The molecular formula is C19H36N6O2. The number of hydrogen-bond donors (Lipinski definition) is 1. The quantitative estimate of drug-likeness (QED) is 0.291. The van der Waals surface area contributed by atoms with Crippen LogP contribution in [0, 0.1) is 0 Å². The van der Waals surface area contributed by atoms with E-state index in [-0.39, 0.29) is 5.97 Å². The number of carbonyl (C=O) groups is 1. The lowest BCUT2D eigenvalue weighted by atomic mass is 10.1. The van der Waals surface area contributed by atoms with Gasteiger partial charge in [-0.1, -0.05) is 12.8 Å². The van der Waals surface area contributed by atoms with Gasteiger partial charge in [0, 0.05) is 33.6 Å². The second-order valence-corrected chi connectivity index (χ2v) is 7.64. The summed E-state index contributed by atoms with van der Waals surface area (Å²) in [5, 5.41) is 7.41. The topological polar surface area (TPSA) is 84.6 Å². The highest BCUT2D eigenvalue weighted by molar-refractivity contribution is 5.79. The first-order valence-corrected chi connectivity index (χ1v) is 9.77. The average Bonchev–Trinajstić information content (AvgIpc) is 2.96. The van der Waals surface area contributed by atoms with Crippen LogP contribution in [0.2, 0.25) is 0 Å². The molecule has 8 nitrogen and oxygen atoms in total. The molecule has 0 radical (unpaired) electrons. The molecule has 1 heterocycles. The lowest BCUT2D eigenvalue weighted by molar-refractivity contribution is -0.154. The van der Waals surface area contributed by atoms with E-state index in [0.717, 1.165) is 50.6 Å². The first-order chi connectivity index (χ1) is 12.7. The highest BCUT2D eigenvalue weighted by Crippen LogP contribution is 2.11. The second kappa shape index (κ2) is 11.6. The third-order valence-electron chi connectivity index (χ3n) is 3.85. The molecule has 1 N–H and O–H groups in total. The molecule has 0 aliphatic carbocycles. The monoisotopic (exact) mass is 380 g/mol. The van der Waals surface area contributed by atoms with Crippen molar-refractivity contribution in [3.63, 3.8) is 0 Å². The molecule has 1 aromatic heterocycles. The maximum atomic E-state index is 11.7. The fraction of sp³-hybridized carbons (Fsp3) is 0.789. The van der Waals surface area contributed by atoms with Crippen LogP contribution in [0.25, 0.3) is 0 Å². The minimum absolute atomic E-state index is 0.111. The fourth-order valence-electron chi connectivity index (χ4n) is 2.53. The van der Waals surface area contributed by atoms with Gasteiger partial charge in [0.1, 0.15) is 17.8 Å². The van der Waals surface area contributed by atoms with Gasteiger partial charge >= 0.3 is 5.97 Å². The summed E-state index contributed by atoms with van der Waals surface area (Å²) in [5.41, 5.74) is -0.397. The van der Waals surface area contributed by atoms with Gasteiger partial charge in [0.2, 0.25) is 0 Å². The van der Waals surface area contributed by atoms with Crippen molar-refractivity contribution in [3.8, 4) is 0 Å². The smallest absolute Gasteiger partial charge is 0.306 e. The number of hydrogen-bond acceptors (Lipinski definition) is 5. The molecular weight excluding hydrogens is 344 g/mol. The van der Waals surface area contributed by atoms with Gasteiger partial charge in [-0.3, -0.25) is 14.5 Å². The van der Waals surface area contributed by atoms with Crippen LogP contribution in [0.5, 0.6) is 0 Å². The number of unbranched alkanes of at least 4 members (excludes halogenated alkanes) is 3. The van der Waals surface area contributed by atoms with E-state index in [1.165, 1.54) is 0 Å². The van der Waals surface area contributed by atoms with Crippen molar-refractivity contribution >= 4 is 11.9 Å². The zero-order chi connectivity index (χ0) is 20.3. The van der Waals surface area contributed by atoms with Crippen LogP contribution >= 0.6 is 0 Å². The highest BCUT2D eigenvalue weighted by Gasteiger charge is 2.15. The summed E-state index contributed by atoms with van der Waals surface area (Å²) < 4.78 is 7.08. The molecule has 8 heteroatoms. The lowest BCUT2D eigenvalue weighted by Gasteiger charge is -2.21. The molecule has 0 bridgehead atoms. The van der Waals surface area contributed by atoms with Gasteiger partial charge < -0.3 is 15.0 Å². The molecule has 0 unspecified atom stereocenters. The van der Waals surface area contributed by atoms with Crippen LogP contribution < -0.4 is 5.32 Å². The predicted octanol–water partition coefficient (Wildman–Crippen LogP) is 2.50. The first kappa shape index (κ1) is 22.9. The molecule has 0 spiro atoms. The zero-order valence-corrected chi connectivity index (χ0v) is 17.8. The molecule has 0 atom stereocenters. The zero-order valence-electron chi connectivity index (χ0n) is 17.8. The summed E-state index contributed by atoms with van der Waals surface area (Å²) in [4.78, 5) is 22.7. The number of aryl methyl sites for hydroxylation is 1. The summed E-state index contributed by atoms with van der Waals surface area (Å²) in [6.07, 6.45) is 5.98. The number of aliphatic imine (C=N–C) groups is 1. The van der Waals surface area contributed by atoms with Crippen LogP contribution in [0.3, 0.4) is 0 Å². The summed E-state index contributed by atoms with van der Waals surface area (Å²) in [5.74, 6) is 1.65. The van der Waals surface area contributed by atoms with Gasteiger partial charge in [0.25, 0.3) is 0 Å². The third kappa shape index (κ3) is 9.96. The van der Waals surface area contributed by atoms with E-state index in [1.54, 1.807) is 11.0 Å². The van der Waals surface area contributed by atoms with Crippen LogP contribution in [-0.2, 0) is 23.1 Å². The van der Waals surface area contributed by atoms with Crippen LogP contribution in [-0.4, -0.2) is 57.3 Å². The minimum Gasteiger partial charge on any atom is -0.460 e.